The summed E-state index contributed by atoms with van der Waals surface area (Å²) in [6, 6.07) is 3.84. The Hall–Kier alpha value is -0.640. The summed E-state index contributed by atoms with van der Waals surface area (Å²) in [6.07, 6.45) is 3.69. The fourth-order valence-electron chi connectivity index (χ4n) is 2.66. The molecule has 2 rings (SSSR count). The molecule has 0 aromatic carbocycles. The second-order valence-electron chi connectivity index (χ2n) is 5.44. The van der Waals surface area contributed by atoms with Crippen LogP contribution in [0.4, 0.5) is 0 Å². The molecule has 100 valence electrons. The van der Waals surface area contributed by atoms with Gasteiger partial charge in [0.2, 0.25) is 0 Å². The average Bonchev–Trinajstić information content (AvgIpc) is 2.34. The number of hydrogen-bond donors (Lipinski definition) is 1. The molecule has 4 heteroatoms. The Kier molecular flexibility index (Phi) is 4.25. The van der Waals surface area contributed by atoms with Gasteiger partial charge in [0.1, 0.15) is 5.15 Å². The summed E-state index contributed by atoms with van der Waals surface area (Å²) < 4.78 is 0. The largest absolute Gasteiger partial charge is 0.390 e. The Labute approximate surface area is 114 Å². The number of likely N-dealkylation sites (tertiary alicyclic amines) is 1. The normalized spacial score (nSPS) is 29.4. The molecule has 0 aliphatic carbocycles. The van der Waals surface area contributed by atoms with Crippen LogP contribution in [0.2, 0.25) is 5.15 Å². The molecule has 1 aliphatic heterocycles. The zero-order valence-electron chi connectivity index (χ0n) is 11.1. The monoisotopic (exact) mass is 268 g/mol. The number of aromatic nitrogens is 1. The topological polar surface area (TPSA) is 36.4 Å². The van der Waals surface area contributed by atoms with E-state index in [1.54, 1.807) is 0 Å². The summed E-state index contributed by atoms with van der Waals surface area (Å²) >= 11 is 5.78. The maximum Gasteiger partial charge on any atom is 0.129 e. The van der Waals surface area contributed by atoms with Gasteiger partial charge < -0.3 is 5.11 Å². The zero-order chi connectivity index (χ0) is 13.2. The highest BCUT2D eigenvalue weighted by Gasteiger charge is 2.36. The highest BCUT2D eigenvalue weighted by molar-refractivity contribution is 6.29. The Morgan fingerprint density at radius 1 is 1.56 bits per heavy atom. The minimum Gasteiger partial charge on any atom is -0.390 e. The number of hydrogen-bond acceptors (Lipinski definition) is 3. The number of aliphatic hydroxyl groups is 1. The molecular formula is C14H21ClN2O. The molecule has 1 N–H and O–H groups in total. The van der Waals surface area contributed by atoms with Crippen molar-refractivity contribution in [1.82, 2.24) is 9.88 Å². The van der Waals surface area contributed by atoms with E-state index in [9.17, 15) is 5.11 Å². The zero-order valence-corrected chi connectivity index (χ0v) is 11.8. The van der Waals surface area contributed by atoms with Crippen molar-refractivity contribution >= 4 is 11.6 Å². The molecule has 0 saturated carbocycles. The summed E-state index contributed by atoms with van der Waals surface area (Å²) in [5.41, 5.74) is 0.666. The standard InChI is InChI=1S/C14H21ClN2O/c1-3-12-10-17(7-6-14(12,2)18)9-11-4-5-13(15)16-8-11/h4-5,8,12,18H,3,6-7,9-10H2,1-2H3/t12-,14+/m1/s1. The highest BCUT2D eigenvalue weighted by Crippen LogP contribution is 2.30. The van der Waals surface area contributed by atoms with Crippen LogP contribution in [0, 0.1) is 5.92 Å². The van der Waals surface area contributed by atoms with Gasteiger partial charge >= 0.3 is 0 Å². The molecule has 0 unspecified atom stereocenters. The third-order valence-corrected chi connectivity index (χ3v) is 4.20. The van der Waals surface area contributed by atoms with Crippen LogP contribution in [0.25, 0.3) is 0 Å². The van der Waals surface area contributed by atoms with E-state index in [1.165, 1.54) is 5.56 Å². The molecule has 0 radical (unpaired) electrons. The van der Waals surface area contributed by atoms with Crippen molar-refractivity contribution in [3.8, 4) is 0 Å². The van der Waals surface area contributed by atoms with Gasteiger partial charge in [-0.1, -0.05) is 24.6 Å². The van der Waals surface area contributed by atoms with Crippen LogP contribution in [0.15, 0.2) is 18.3 Å². The van der Waals surface area contributed by atoms with Crippen molar-refractivity contribution in [2.24, 2.45) is 5.92 Å². The number of piperidine rings is 1. The first-order valence-electron chi connectivity index (χ1n) is 6.56. The van der Waals surface area contributed by atoms with Crippen molar-refractivity contribution in [3.63, 3.8) is 0 Å². The van der Waals surface area contributed by atoms with Gasteiger partial charge in [-0.3, -0.25) is 4.90 Å². The van der Waals surface area contributed by atoms with E-state index in [2.05, 4.69) is 16.8 Å². The summed E-state index contributed by atoms with van der Waals surface area (Å²) in [7, 11) is 0. The lowest BCUT2D eigenvalue weighted by atomic mass is 9.81. The van der Waals surface area contributed by atoms with Crippen molar-refractivity contribution in [1.29, 1.82) is 0 Å². The lowest BCUT2D eigenvalue weighted by Gasteiger charge is -2.42. The van der Waals surface area contributed by atoms with Gasteiger partial charge in [-0.15, -0.1) is 0 Å². The van der Waals surface area contributed by atoms with Crippen LogP contribution in [-0.2, 0) is 6.54 Å². The van der Waals surface area contributed by atoms with E-state index in [1.807, 2.05) is 25.3 Å². The van der Waals surface area contributed by atoms with Crippen molar-refractivity contribution in [2.75, 3.05) is 13.1 Å². The summed E-state index contributed by atoms with van der Waals surface area (Å²) in [5, 5.41) is 10.8. The average molecular weight is 269 g/mol. The summed E-state index contributed by atoms with van der Waals surface area (Å²) in [6.45, 7) is 6.88. The van der Waals surface area contributed by atoms with Gasteiger partial charge in [-0.2, -0.15) is 0 Å². The molecular weight excluding hydrogens is 248 g/mol. The van der Waals surface area contributed by atoms with Crippen LogP contribution in [0.3, 0.4) is 0 Å². The van der Waals surface area contributed by atoms with Crippen molar-refractivity contribution in [3.05, 3.63) is 29.0 Å². The van der Waals surface area contributed by atoms with Crippen LogP contribution in [0.1, 0.15) is 32.3 Å². The van der Waals surface area contributed by atoms with Crippen molar-refractivity contribution in [2.45, 2.75) is 38.8 Å². The molecule has 18 heavy (non-hydrogen) atoms. The van der Waals surface area contributed by atoms with Crippen LogP contribution >= 0.6 is 11.6 Å². The van der Waals surface area contributed by atoms with E-state index < -0.39 is 5.60 Å². The van der Waals surface area contributed by atoms with Gasteiger partial charge in [-0.25, -0.2) is 4.98 Å². The number of halogens is 1. The maximum absolute atomic E-state index is 10.3. The van der Waals surface area contributed by atoms with Gasteiger partial charge in [0.15, 0.2) is 0 Å². The van der Waals surface area contributed by atoms with E-state index >= 15 is 0 Å². The number of rotatable bonds is 3. The third-order valence-electron chi connectivity index (χ3n) is 3.98. The second kappa shape index (κ2) is 5.55. The molecule has 0 spiro atoms. The Morgan fingerprint density at radius 2 is 2.33 bits per heavy atom. The first-order chi connectivity index (χ1) is 8.51. The molecule has 2 atom stereocenters. The lowest BCUT2D eigenvalue weighted by molar-refractivity contribution is -0.0608. The number of nitrogens with zero attached hydrogens (tertiary/aromatic N) is 2. The smallest absolute Gasteiger partial charge is 0.129 e. The molecule has 1 aromatic rings. The second-order valence-corrected chi connectivity index (χ2v) is 5.82. The first kappa shape index (κ1) is 13.8. The molecule has 1 fully saturated rings. The van der Waals surface area contributed by atoms with Crippen molar-refractivity contribution < 1.29 is 5.11 Å². The van der Waals surface area contributed by atoms with Crippen LogP contribution < -0.4 is 0 Å². The van der Waals surface area contributed by atoms with E-state index in [-0.39, 0.29) is 0 Å². The molecule has 3 nitrogen and oxygen atoms in total. The summed E-state index contributed by atoms with van der Waals surface area (Å²) in [5.74, 6) is 0.353. The van der Waals surface area contributed by atoms with Crippen LogP contribution in [-0.4, -0.2) is 33.7 Å². The molecule has 1 saturated heterocycles. The van der Waals surface area contributed by atoms with Gasteiger partial charge in [0.05, 0.1) is 5.60 Å². The van der Waals surface area contributed by atoms with E-state index in [4.69, 9.17) is 11.6 Å². The Balaban J connectivity index is 1.97. The third kappa shape index (κ3) is 3.22. The predicted octanol–water partition coefficient (Wildman–Crippen LogP) is 2.72. The quantitative estimate of drug-likeness (QED) is 0.857. The van der Waals surface area contributed by atoms with Gasteiger partial charge in [0, 0.05) is 25.8 Å². The SMILES string of the molecule is CC[C@@H]1CN(Cc2ccc(Cl)nc2)CC[C@]1(C)O. The first-order valence-corrected chi connectivity index (χ1v) is 6.94. The lowest BCUT2D eigenvalue weighted by Crippen LogP contribution is -2.49. The Bertz CT molecular complexity index is 391. The van der Waals surface area contributed by atoms with Gasteiger partial charge in [-0.05, 0) is 37.3 Å². The minimum absolute atomic E-state index is 0.353. The fraction of sp³-hybridized carbons (Fsp3) is 0.643. The summed E-state index contributed by atoms with van der Waals surface area (Å²) in [4.78, 5) is 6.49. The molecule has 0 bridgehead atoms. The molecule has 1 aromatic heterocycles. The fourth-order valence-corrected chi connectivity index (χ4v) is 2.77. The number of pyridine rings is 1. The highest BCUT2D eigenvalue weighted by atomic mass is 35.5. The molecule has 2 heterocycles. The minimum atomic E-state index is -0.510. The van der Waals surface area contributed by atoms with Crippen LogP contribution in [0.5, 0.6) is 0 Å². The Morgan fingerprint density at radius 3 is 2.94 bits per heavy atom. The molecule has 1 aliphatic rings. The molecule has 0 amide bonds. The predicted molar refractivity (Wildman–Crippen MR) is 73.5 cm³/mol. The maximum atomic E-state index is 10.3. The van der Waals surface area contributed by atoms with Gasteiger partial charge in [0.25, 0.3) is 0 Å². The van der Waals surface area contributed by atoms with E-state index in [0.29, 0.717) is 11.1 Å². The van der Waals surface area contributed by atoms with E-state index in [0.717, 1.165) is 32.5 Å².